The van der Waals surface area contributed by atoms with E-state index in [9.17, 15) is 0 Å². The van der Waals surface area contributed by atoms with Crippen LogP contribution < -0.4 is 0 Å². The zero-order valence-electron chi connectivity index (χ0n) is 28.0. The van der Waals surface area contributed by atoms with Crippen LogP contribution >= 0.6 is 0 Å². The summed E-state index contributed by atoms with van der Waals surface area (Å²) in [6.07, 6.45) is 1.96. The number of benzene rings is 7. The van der Waals surface area contributed by atoms with E-state index < -0.39 is 0 Å². The summed E-state index contributed by atoms with van der Waals surface area (Å²) in [5.74, 6) is 1.92. The van der Waals surface area contributed by atoms with Crippen LogP contribution in [-0.2, 0) is 0 Å². The number of aromatic nitrogens is 6. The highest BCUT2D eigenvalue weighted by atomic mass is 15.3. The topological polar surface area (TPSA) is 61.4 Å². The van der Waals surface area contributed by atoms with E-state index in [0.717, 1.165) is 61.1 Å². The van der Waals surface area contributed by atoms with E-state index in [4.69, 9.17) is 20.1 Å². The van der Waals surface area contributed by atoms with Crippen LogP contribution in [0, 0.1) is 0 Å². The van der Waals surface area contributed by atoms with E-state index in [1.807, 2.05) is 89.7 Å². The minimum Gasteiger partial charge on any atom is -0.309 e. The van der Waals surface area contributed by atoms with Crippen molar-refractivity contribution in [1.82, 2.24) is 29.3 Å². The molecule has 3 aromatic heterocycles. The molecule has 0 bridgehead atoms. The second-order valence-corrected chi connectivity index (χ2v) is 12.8. The van der Waals surface area contributed by atoms with E-state index in [1.165, 1.54) is 10.8 Å². The van der Waals surface area contributed by atoms with Crippen molar-refractivity contribution in [3.05, 3.63) is 182 Å². The Morgan fingerprint density at radius 2 is 0.885 bits per heavy atom. The molecule has 0 aliphatic carbocycles. The fourth-order valence-corrected chi connectivity index (χ4v) is 7.14. The molecule has 3 heterocycles. The lowest BCUT2D eigenvalue weighted by atomic mass is 10.0. The van der Waals surface area contributed by atoms with Crippen LogP contribution in [0.15, 0.2) is 182 Å². The molecule has 0 saturated carbocycles. The predicted octanol–water partition coefficient (Wildman–Crippen LogP) is 11.0. The third kappa shape index (κ3) is 5.13. The molecule has 6 heteroatoms. The first-order valence-corrected chi connectivity index (χ1v) is 17.3. The molecule has 0 amide bonds. The lowest BCUT2D eigenvalue weighted by Gasteiger charge is -2.12. The normalized spacial score (nSPS) is 11.5. The van der Waals surface area contributed by atoms with Gasteiger partial charge >= 0.3 is 0 Å². The summed E-state index contributed by atoms with van der Waals surface area (Å²) in [5.41, 5.74) is 10.5. The number of nitrogens with zero attached hydrogens (tertiary/aromatic N) is 6. The van der Waals surface area contributed by atoms with Crippen LogP contribution in [0.2, 0.25) is 0 Å². The molecule has 0 radical (unpaired) electrons. The van der Waals surface area contributed by atoms with Gasteiger partial charge < -0.3 is 4.57 Å². The molecule has 0 aliphatic rings. The molecule has 0 N–H and O–H groups in total. The van der Waals surface area contributed by atoms with Crippen LogP contribution in [0.5, 0.6) is 0 Å². The summed E-state index contributed by atoms with van der Waals surface area (Å²) >= 11 is 0. The fourth-order valence-electron chi connectivity index (χ4n) is 7.14. The Morgan fingerprint density at radius 1 is 0.346 bits per heavy atom. The quantitative estimate of drug-likeness (QED) is 0.177. The van der Waals surface area contributed by atoms with Gasteiger partial charge in [-0.3, -0.25) is 0 Å². The molecule has 0 fully saturated rings. The molecule has 0 saturated heterocycles. The highest BCUT2D eigenvalue weighted by molar-refractivity contribution is 6.13. The van der Waals surface area contributed by atoms with Gasteiger partial charge in [-0.1, -0.05) is 127 Å². The Balaban J connectivity index is 1.11. The Morgan fingerprint density at radius 3 is 1.60 bits per heavy atom. The van der Waals surface area contributed by atoms with Gasteiger partial charge in [0.1, 0.15) is 0 Å². The molecule has 6 nitrogen and oxygen atoms in total. The van der Waals surface area contributed by atoms with Gasteiger partial charge in [0.05, 0.1) is 28.4 Å². The van der Waals surface area contributed by atoms with Crippen LogP contribution in [0.3, 0.4) is 0 Å². The van der Waals surface area contributed by atoms with Crippen molar-refractivity contribution in [2.24, 2.45) is 0 Å². The highest BCUT2D eigenvalue weighted by Gasteiger charge is 2.17. The van der Waals surface area contributed by atoms with Gasteiger partial charge in [-0.25, -0.2) is 19.6 Å². The minimum absolute atomic E-state index is 0.632. The largest absolute Gasteiger partial charge is 0.309 e. The smallest absolute Gasteiger partial charge is 0.164 e. The number of fused-ring (bicyclic) bond motifs is 4. The summed E-state index contributed by atoms with van der Waals surface area (Å²) in [6, 6.07) is 60.8. The van der Waals surface area contributed by atoms with E-state index in [0.29, 0.717) is 17.5 Å². The van der Waals surface area contributed by atoms with Crippen molar-refractivity contribution >= 4 is 32.7 Å². The number of rotatable bonds is 6. The van der Waals surface area contributed by atoms with Gasteiger partial charge in [0.2, 0.25) is 0 Å². The summed E-state index contributed by atoms with van der Waals surface area (Å²) in [5, 5.41) is 8.28. The summed E-state index contributed by atoms with van der Waals surface area (Å²) in [7, 11) is 0. The lowest BCUT2D eigenvalue weighted by molar-refractivity contribution is 0.911. The zero-order chi connectivity index (χ0) is 34.4. The Hall–Kier alpha value is -7.18. The van der Waals surface area contributed by atoms with Crippen molar-refractivity contribution in [2.45, 2.75) is 0 Å². The average Bonchev–Trinajstić information content (AvgIpc) is 3.79. The molecule has 0 spiro atoms. The van der Waals surface area contributed by atoms with Gasteiger partial charge in [-0.2, -0.15) is 5.10 Å². The lowest BCUT2D eigenvalue weighted by Crippen LogP contribution is -2.00. The van der Waals surface area contributed by atoms with Crippen molar-refractivity contribution < 1.29 is 0 Å². The second kappa shape index (κ2) is 12.3. The predicted molar refractivity (Wildman–Crippen MR) is 211 cm³/mol. The first-order valence-electron chi connectivity index (χ1n) is 17.3. The van der Waals surface area contributed by atoms with E-state index in [2.05, 4.69) is 102 Å². The fraction of sp³-hybridized carbons (Fsp3) is 0. The molecule has 10 rings (SSSR count). The Kier molecular flexibility index (Phi) is 7.03. The van der Waals surface area contributed by atoms with Gasteiger partial charge in [0.15, 0.2) is 17.5 Å². The molecule has 52 heavy (non-hydrogen) atoms. The SMILES string of the molecule is c1ccc(-c2nc(-c3ccccc3)nc(-c3cccc(-c4cccc(-n5c6ccccc6c6cc7cnn(-c8ccccc8)c7cc65)c4)c3)n2)cc1. The molecule has 7 aromatic carbocycles. The minimum atomic E-state index is 0.632. The maximum atomic E-state index is 4.98. The molecular weight excluding hydrogens is 637 g/mol. The van der Waals surface area contributed by atoms with Crippen molar-refractivity contribution in [3.8, 4) is 56.7 Å². The molecule has 0 aliphatic heterocycles. The van der Waals surface area contributed by atoms with Gasteiger partial charge in [0.25, 0.3) is 0 Å². The van der Waals surface area contributed by atoms with Crippen molar-refractivity contribution in [1.29, 1.82) is 0 Å². The third-order valence-electron chi connectivity index (χ3n) is 9.62. The van der Waals surface area contributed by atoms with Crippen LogP contribution in [-0.4, -0.2) is 29.3 Å². The molecule has 0 atom stereocenters. The standard InChI is InChI=1S/C46H30N6/c1-4-14-31(15-5-1)44-48-45(32-16-6-2-7-17-32)50-46(49-44)35-20-12-18-33(26-35)34-19-13-23-38(27-34)51-41-25-11-10-24-39(41)40-28-36-30-47-52(42(36)29-43(40)51)37-21-8-3-9-22-37/h1-30H. The maximum absolute atomic E-state index is 4.98. The number of hydrogen-bond donors (Lipinski definition) is 0. The number of para-hydroxylation sites is 2. The highest BCUT2D eigenvalue weighted by Crippen LogP contribution is 2.37. The first kappa shape index (κ1) is 29.7. The van der Waals surface area contributed by atoms with E-state index in [1.54, 1.807) is 0 Å². The van der Waals surface area contributed by atoms with Crippen LogP contribution in [0.1, 0.15) is 0 Å². The molecule has 10 aromatic rings. The summed E-state index contributed by atoms with van der Waals surface area (Å²) in [4.78, 5) is 14.8. The molecular formula is C46H30N6. The van der Waals surface area contributed by atoms with Crippen molar-refractivity contribution in [3.63, 3.8) is 0 Å². The van der Waals surface area contributed by atoms with E-state index in [-0.39, 0.29) is 0 Å². The third-order valence-corrected chi connectivity index (χ3v) is 9.62. The van der Waals surface area contributed by atoms with Gasteiger partial charge in [-0.15, -0.1) is 0 Å². The Bertz CT molecular complexity index is 2830. The number of hydrogen-bond acceptors (Lipinski definition) is 4. The maximum Gasteiger partial charge on any atom is 0.164 e. The first-order chi connectivity index (χ1) is 25.8. The average molecular weight is 667 g/mol. The monoisotopic (exact) mass is 666 g/mol. The van der Waals surface area contributed by atoms with E-state index >= 15 is 0 Å². The second-order valence-electron chi connectivity index (χ2n) is 12.8. The zero-order valence-corrected chi connectivity index (χ0v) is 28.0. The van der Waals surface area contributed by atoms with Gasteiger partial charge in [-0.05, 0) is 59.7 Å². The molecule has 0 unspecified atom stereocenters. The van der Waals surface area contributed by atoms with Crippen LogP contribution in [0.4, 0.5) is 0 Å². The summed E-state index contributed by atoms with van der Waals surface area (Å²) in [6.45, 7) is 0. The summed E-state index contributed by atoms with van der Waals surface area (Å²) < 4.78 is 4.39. The molecule has 244 valence electrons. The Labute approximate surface area is 300 Å². The van der Waals surface area contributed by atoms with Crippen molar-refractivity contribution in [2.75, 3.05) is 0 Å². The van der Waals surface area contributed by atoms with Gasteiger partial charge in [0, 0.05) is 38.5 Å². The van der Waals surface area contributed by atoms with Crippen LogP contribution in [0.25, 0.3) is 89.4 Å².